The molecule has 138 valence electrons. The third-order valence-electron chi connectivity index (χ3n) is 4.63. The third kappa shape index (κ3) is 3.34. The third-order valence-corrected chi connectivity index (χ3v) is 4.63. The van der Waals surface area contributed by atoms with E-state index >= 15 is 0 Å². The molecule has 2 N–H and O–H groups in total. The number of nitro groups is 1. The number of fused-ring (bicyclic) bond motifs is 1. The Morgan fingerprint density at radius 1 is 1.19 bits per heavy atom. The average Bonchev–Trinajstić information content (AvgIpc) is 3.18. The molecule has 1 fully saturated rings. The number of nitrogens with one attached hydrogen (secondary N) is 2. The van der Waals surface area contributed by atoms with Crippen LogP contribution in [0.15, 0.2) is 48.7 Å². The number of morpholine rings is 1. The quantitative estimate of drug-likeness (QED) is 0.546. The fraction of sp³-hybridized carbons (Fsp3) is 0.211. The summed E-state index contributed by atoms with van der Waals surface area (Å²) in [4.78, 5) is 28.8. The number of benzene rings is 2. The molecule has 27 heavy (non-hydrogen) atoms. The summed E-state index contributed by atoms with van der Waals surface area (Å²) in [5.74, 6) is -0.381. The van der Waals surface area contributed by atoms with E-state index in [1.807, 2.05) is 23.1 Å². The number of amides is 1. The van der Waals surface area contributed by atoms with Gasteiger partial charge in [0.25, 0.3) is 11.6 Å². The number of nitro benzene ring substituents is 1. The van der Waals surface area contributed by atoms with E-state index < -0.39 is 4.92 Å². The number of nitrogens with zero attached hydrogens (tertiary/aromatic N) is 2. The van der Waals surface area contributed by atoms with Crippen LogP contribution in [0.2, 0.25) is 0 Å². The van der Waals surface area contributed by atoms with Gasteiger partial charge in [0, 0.05) is 42.3 Å². The number of hydrogen-bond donors (Lipinski definition) is 2. The highest BCUT2D eigenvalue weighted by molar-refractivity contribution is 6.11. The van der Waals surface area contributed by atoms with E-state index in [1.54, 1.807) is 18.3 Å². The van der Waals surface area contributed by atoms with Crippen LogP contribution in [0.3, 0.4) is 0 Å². The van der Waals surface area contributed by atoms with Gasteiger partial charge in [0.2, 0.25) is 0 Å². The van der Waals surface area contributed by atoms with E-state index in [-0.39, 0.29) is 17.2 Å². The summed E-state index contributed by atoms with van der Waals surface area (Å²) >= 11 is 0. The lowest BCUT2D eigenvalue weighted by atomic mass is 10.1. The molecule has 0 unspecified atom stereocenters. The summed E-state index contributed by atoms with van der Waals surface area (Å²) in [7, 11) is 0. The van der Waals surface area contributed by atoms with Crippen molar-refractivity contribution in [1.82, 2.24) is 4.98 Å². The fourth-order valence-corrected chi connectivity index (χ4v) is 3.28. The zero-order chi connectivity index (χ0) is 18.8. The number of non-ortho nitro benzene ring substituents is 1. The van der Waals surface area contributed by atoms with E-state index in [0.717, 1.165) is 10.9 Å². The van der Waals surface area contributed by atoms with Crippen LogP contribution in [-0.2, 0) is 4.74 Å². The highest BCUT2D eigenvalue weighted by atomic mass is 16.6. The van der Waals surface area contributed by atoms with E-state index in [4.69, 9.17) is 4.74 Å². The first kappa shape index (κ1) is 17.0. The molecular weight excluding hydrogens is 348 g/mol. The molecule has 1 aliphatic rings. The molecule has 1 amide bonds. The van der Waals surface area contributed by atoms with Gasteiger partial charge in [-0.3, -0.25) is 14.9 Å². The molecule has 0 radical (unpaired) electrons. The molecule has 2 heterocycles. The predicted molar refractivity (Wildman–Crippen MR) is 102 cm³/mol. The molecule has 0 aliphatic carbocycles. The van der Waals surface area contributed by atoms with E-state index in [0.29, 0.717) is 37.7 Å². The van der Waals surface area contributed by atoms with E-state index in [1.165, 1.54) is 12.1 Å². The summed E-state index contributed by atoms with van der Waals surface area (Å²) in [6.07, 6.45) is 1.80. The van der Waals surface area contributed by atoms with Gasteiger partial charge in [0.1, 0.15) is 0 Å². The maximum atomic E-state index is 13.0. The lowest BCUT2D eigenvalue weighted by Crippen LogP contribution is -2.37. The van der Waals surface area contributed by atoms with Crippen LogP contribution in [-0.4, -0.2) is 42.1 Å². The van der Waals surface area contributed by atoms with Gasteiger partial charge < -0.3 is 19.9 Å². The molecule has 0 spiro atoms. The van der Waals surface area contributed by atoms with Gasteiger partial charge in [0.05, 0.1) is 35.1 Å². The van der Waals surface area contributed by atoms with Crippen molar-refractivity contribution in [2.24, 2.45) is 0 Å². The first-order chi connectivity index (χ1) is 13.1. The average molecular weight is 366 g/mol. The summed E-state index contributed by atoms with van der Waals surface area (Å²) in [6, 6.07) is 11.8. The Hall–Kier alpha value is -3.39. The number of aromatic amines is 1. The highest BCUT2D eigenvalue weighted by Gasteiger charge is 2.22. The van der Waals surface area contributed by atoms with Crippen molar-refractivity contribution in [3.63, 3.8) is 0 Å². The van der Waals surface area contributed by atoms with Gasteiger partial charge in [0.15, 0.2) is 0 Å². The lowest BCUT2D eigenvalue weighted by Gasteiger charge is -2.30. The predicted octanol–water partition coefficient (Wildman–Crippen LogP) is 3.17. The Morgan fingerprint density at radius 3 is 2.78 bits per heavy atom. The number of anilines is 2. The monoisotopic (exact) mass is 366 g/mol. The summed E-state index contributed by atoms with van der Waals surface area (Å²) in [6.45, 7) is 2.37. The molecule has 8 heteroatoms. The number of rotatable bonds is 4. The smallest absolute Gasteiger partial charge is 0.270 e. The van der Waals surface area contributed by atoms with Gasteiger partial charge >= 0.3 is 0 Å². The van der Waals surface area contributed by atoms with Crippen LogP contribution in [0.5, 0.6) is 0 Å². The highest BCUT2D eigenvalue weighted by Crippen LogP contribution is 2.29. The van der Waals surface area contributed by atoms with E-state index in [9.17, 15) is 14.9 Å². The largest absolute Gasteiger partial charge is 0.378 e. The second-order valence-corrected chi connectivity index (χ2v) is 6.26. The van der Waals surface area contributed by atoms with Crippen molar-refractivity contribution in [3.8, 4) is 0 Å². The van der Waals surface area contributed by atoms with Crippen LogP contribution < -0.4 is 10.2 Å². The minimum atomic E-state index is -0.493. The zero-order valence-corrected chi connectivity index (χ0v) is 14.5. The zero-order valence-electron chi connectivity index (χ0n) is 14.5. The van der Waals surface area contributed by atoms with Crippen molar-refractivity contribution in [3.05, 3.63) is 64.3 Å². The SMILES string of the molecule is O=C(Nc1cccc2[nH]ccc12)c1cc([N+](=O)[O-])ccc1N1CCOCC1. The van der Waals surface area contributed by atoms with Crippen molar-refractivity contribution in [2.75, 3.05) is 36.5 Å². The number of carbonyl (C=O) groups excluding carboxylic acids is 1. The Balaban J connectivity index is 1.71. The van der Waals surface area contributed by atoms with Gasteiger partial charge in [-0.25, -0.2) is 0 Å². The molecule has 0 atom stereocenters. The topological polar surface area (TPSA) is 100 Å². The first-order valence-corrected chi connectivity index (χ1v) is 8.62. The Labute approximate surface area is 154 Å². The van der Waals surface area contributed by atoms with Gasteiger partial charge in [-0.05, 0) is 24.3 Å². The molecule has 8 nitrogen and oxygen atoms in total. The van der Waals surface area contributed by atoms with Crippen molar-refractivity contribution in [1.29, 1.82) is 0 Å². The van der Waals surface area contributed by atoms with E-state index in [2.05, 4.69) is 10.3 Å². The number of ether oxygens (including phenoxy) is 1. The maximum Gasteiger partial charge on any atom is 0.270 e. The minimum Gasteiger partial charge on any atom is -0.378 e. The molecule has 3 aromatic rings. The maximum absolute atomic E-state index is 13.0. The molecule has 2 aromatic carbocycles. The van der Waals surface area contributed by atoms with Crippen molar-refractivity contribution < 1.29 is 14.5 Å². The summed E-state index contributed by atoms with van der Waals surface area (Å²) in [5.41, 5.74) is 2.39. The Bertz CT molecular complexity index is 1010. The van der Waals surface area contributed by atoms with Crippen LogP contribution >= 0.6 is 0 Å². The summed E-state index contributed by atoms with van der Waals surface area (Å²) < 4.78 is 5.36. The Kier molecular flexibility index (Phi) is 4.47. The number of H-pyrrole nitrogens is 1. The number of hydrogen-bond acceptors (Lipinski definition) is 5. The van der Waals surface area contributed by atoms with Crippen LogP contribution in [0.25, 0.3) is 10.9 Å². The molecule has 4 rings (SSSR count). The van der Waals surface area contributed by atoms with Crippen LogP contribution in [0, 0.1) is 10.1 Å². The van der Waals surface area contributed by atoms with Gasteiger partial charge in [-0.2, -0.15) is 0 Å². The molecule has 1 aromatic heterocycles. The molecular formula is C19H18N4O4. The lowest BCUT2D eigenvalue weighted by molar-refractivity contribution is -0.384. The standard InChI is InChI=1S/C19H18N4O4/c24-19(21-17-3-1-2-16-14(17)6-7-20-16)15-12-13(23(25)26)4-5-18(15)22-8-10-27-11-9-22/h1-7,12,20H,8-11H2,(H,21,24). The first-order valence-electron chi connectivity index (χ1n) is 8.62. The summed E-state index contributed by atoms with van der Waals surface area (Å²) in [5, 5.41) is 15.0. The van der Waals surface area contributed by atoms with Gasteiger partial charge in [-0.15, -0.1) is 0 Å². The number of aromatic nitrogens is 1. The van der Waals surface area contributed by atoms with Gasteiger partial charge in [-0.1, -0.05) is 6.07 Å². The molecule has 0 saturated carbocycles. The normalized spacial score (nSPS) is 14.3. The molecule has 0 bridgehead atoms. The second kappa shape index (κ2) is 7.08. The second-order valence-electron chi connectivity index (χ2n) is 6.26. The Morgan fingerprint density at radius 2 is 2.00 bits per heavy atom. The minimum absolute atomic E-state index is 0.114. The fourth-order valence-electron chi connectivity index (χ4n) is 3.28. The van der Waals surface area contributed by atoms with Crippen LogP contribution in [0.1, 0.15) is 10.4 Å². The number of carbonyl (C=O) groups is 1. The molecule has 1 aliphatic heterocycles. The van der Waals surface area contributed by atoms with Crippen molar-refractivity contribution in [2.45, 2.75) is 0 Å². The van der Waals surface area contributed by atoms with Crippen LogP contribution in [0.4, 0.5) is 17.1 Å². The van der Waals surface area contributed by atoms with Crippen molar-refractivity contribution >= 4 is 33.9 Å². The molecule has 1 saturated heterocycles.